The van der Waals surface area contributed by atoms with Crippen LogP contribution in [0.3, 0.4) is 0 Å². The van der Waals surface area contributed by atoms with Gasteiger partial charge in [0, 0.05) is 12.6 Å². The van der Waals surface area contributed by atoms with Gasteiger partial charge in [0.1, 0.15) is 4.47 Å². The number of nitrogens with one attached hydrogen (secondary N) is 1. The molecule has 0 spiro atoms. The summed E-state index contributed by atoms with van der Waals surface area (Å²) in [5.74, 6) is 0. The molecular weight excluding hydrogens is 282 g/mol. The molecule has 94 valence electrons. The number of aryl methyl sites for hydroxylation is 2. The van der Waals surface area contributed by atoms with E-state index in [-0.39, 0.29) is 5.56 Å². The third-order valence-corrected chi connectivity index (χ3v) is 3.91. The Morgan fingerprint density at radius 3 is 3.00 bits per heavy atom. The lowest BCUT2D eigenvalue weighted by atomic mass is 10.3. The molecule has 0 aliphatic heterocycles. The van der Waals surface area contributed by atoms with Crippen LogP contribution in [-0.4, -0.2) is 22.1 Å². The number of hydrogen-bond donors (Lipinski definition) is 1. The molecule has 1 heterocycles. The van der Waals surface area contributed by atoms with Crippen molar-refractivity contribution in [1.29, 1.82) is 0 Å². The third kappa shape index (κ3) is 3.64. The van der Waals surface area contributed by atoms with E-state index in [4.69, 9.17) is 0 Å². The molecular formula is C12H18BrN3O. The smallest absolute Gasteiger partial charge is 0.267 e. The first-order valence-electron chi connectivity index (χ1n) is 6.13. The Kier molecular flexibility index (Phi) is 4.34. The van der Waals surface area contributed by atoms with E-state index in [0.717, 1.165) is 37.7 Å². The highest BCUT2D eigenvalue weighted by Gasteiger charge is 2.19. The van der Waals surface area contributed by atoms with E-state index in [1.165, 1.54) is 12.8 Å². The summed E-state index contributed by atoms with van der Waals surface area (Å²) in [6, 6.07) is 0.771. The van der Waals surface area contributed by atoms with Crippen LogP contribution >= 0.6 is 15.9 Å². The van der Waals surface area contributed by atoms with Crippen molar-refractivity contribution in [3.05, 3.63) is 26.8 Å². The minimum Gasteiger partial charge on any atom is -0.314 e. The van der Waals surface area contributed by atoms with Gasteiger partial charge in [0.2, 0.25) is 0 Å². The average molecular weight is 300 g/mol. The van der Waals surface area contributed by atoms with Gasteiger partial charge in [-0.25, -0.2) is 4.98 Å². The van der Waals surface area contributed by atoms with Crippen molar-refractivity contribution in [2.45, 2.75) is 45.2 Å². The summed E-state index contributed by atoms with van der Waals surface area (Å²) < 4.78 is 2.25. The van der Waals surface area contributed by atoms with Crippen LogP contribution in [0.4, 0.5) is 0 Å². The van der Waals surface area contributed by atoms with Gasteiger partial charge in [0.05, 0.1) is 12.0 Å². The van der Waals surface area contributed by atoms with Gasteiger partial charge >= 0.3 is 0 Å². The summed E-state index contributed by atoms with van der Waals surface area (Å²) in [6.07, 6.45) is 6.41. The van der Waals surface area contributed by atoms with Crippen LogP contribution in [0.2, 0.25) is 0 Å². The molecule has 1 aromatic heterocycles. The van der Waals surface area contributed by atoms with Gasteiger partial charge < -0.3 is 5.32 Å². The zero-order chi connectivity index (χ0) is 12.3. The van der Waals surface area contributed by atoms with Gasteiger partial charge in [-0.05, 0) is 55.1 Å². The molecule has 17 heavy (non-hydrogen) atoms. The molecule has 0 bridgehead atoms. The highest BCUT2D eigenvalue weighted by molar-refractivity contribution is 9.10. The number of rotatable bonds is 6. The molecule has 5 heteroatoms. The number of halogens is 1. The monoisotopic (exact) mass is 299 g/mol. The molecule has 0 unspecified atom stereocenters. The molecule has 0 amide bonds. The van der Waals surface area contributed by atoms with Crippen molar-refractivity contribution >= 4 is 15.9 Å². The fourth-order valence-electron chi connectivity index (χ4n) is 1.71. The van der Waals surface area contributed by atoms with E-state index in [9.17, 15) is 4.79 Å². The van der Waals surface area contributed by atoms with Crippen LogP contribution < -0.4 is 10.9 Å². The lowest BCUT2D eigenvalue weighted by Gasteiger charge is -2.07. The maximum absolute atomic E-state index is 11.8. The van der Waals surface area contributed by atoms with E-state index in [1.54, 1.807) is 10.9 Å². The quantitative estimate of drug-likeness (QED) is 0.816. The third-order valence-electron chi connectivity index (χ3n) is 2.99. The summed E-state index contributed by atoms with van der Waals surface area (Å²) in [6.45, 7) is 3.63. The first-order valence-corrected chi connectivity index (χ1v) is 6.92. The van der Waals surface area contributed by atoms with Gasteiger partial charge in [0.15, 0.2) is 0 Å². The molecule has 1 saturated carbocycles. The lowest BCUT2D eigenvalue weighted by molar-refractivity contribution is 0.551. The minimum absolute atomic E-state index is 0.0210. The van der Waals surface area contributed by atoms with Gasteiger partial charge in [-0.15, -0.1) is 0 Å². The molecule has 0 aromatic carbocycles. The summed E-state index contributed by atoms with van der Waals surface area (Å²) in [7, 11) is 0. The molecule has 1 N–H and O–H groups in total. The van der Waals surface area contributed by atoms with E-state index in [0.29, 0.717) is 4.47 Å². The Morgan fingerprint density at radius 2 is 2.29 bits per heavy atom. The Hall–Kier alpha value is -0.680. The predicted molar refractivity (Wildman–Crippen MR) is 71.2 cm³/mol. The van der Waals surface area contributed by atoms with Gasteiger partial charge in [-0.2, -0.15) is 0 Å². The highest BCUT2D eigenvalue weighted by atomic mass is 79.9. The van der Waals surface area contributed by atoms with Gasteiger partial charge in [-0.3, -0.25) is 9.36 Å². The van der Waals surface area contributed by atoms with Crippen molar-refractivity contribution in [3.8, 4) is 0 Å². The zero-order valence-corrected chi connectivity index (χ0v) is 11.7. The van der Waals surface area contributed by atoms with Crippen molar-refractivity contribution in [1.82, 2.24) is 14.9 Å². The molecule has 0 radical (unpaired) electrons. The predicted octanol–water partition coefficient (Wildman–Crippen LogP) is 1.85. The molecule has 0 atom stereocenters. The summed E-state index contributed by atoms with van der Waals surface area (Å²) in [4.78, 5) is 16.0. The summed E-state index contributed by atoms with van der Waals surface area (Å²) in [5.41, 5.74) is 0.773. The molecule has 0 saturated heterocycles. The van der Waals surface area contributed by atoms with Crippen LogP contribution in [0.1, 0.15) is 31.4 Å². The SMILES string of the molecule is Cc1ncn(CCCCNC2CC2)c(=O)c1Br. The van der Waals surface area contributed by atoms with Crippen LogP contribution in [-0.2, 0) is 6.54 Å². The van der Waals surface area contributed by atoms with Crippen LogP contribution in [0.15, 0.2) is 15.6 Å². The molecule has 4 nitrogen and oxygen atoms in total. The van der Waals surface area contributed by atoms with E-state index < -0.39 is 0 Å². The van der Waals surface area contributed by atoms with Crippen molar-refractivity contribution < 1.29 is 0 Å². The Labute approximate surface area is 110 Å². The molecule has 1 aliphatic rings. The van der Waals surface area contributed by atoms with E-state index in [1.807, 2.05) is 6.92 Å². The fraction of sp³-hybridized carbons (Fsp3) is 0.667. The normalized spacial score (nSPS) is 15.2. The van der Waals surface area contributed by atoms with Crippen molar-refractivity contribution in [2.24, 2.45) is 0 Å². The second kappa shape index (κ2) is 5.78. The van der Waals surface area contributed by atoms with Crippen LogP contribution in [0.25, 0.3) is 0 Å². The number of nitrogens with zero attached hydrogens (tertiary/aromatic N) is 2. The first-order chi connectivity index (χ1) is 8.18. The maximum atomic E-state index is 11.8. The Balaban J connectivity index is 1.77. The van der Waals surface area contributed by atoms with Gasteiger partial charge in [-0.1, -0.05) is 0 Å². The van der Waals surface area contributed by atoms with Crippen LogP contribution in [0.5, 0.6) is 0 Å². The highest BCUT2D eigenvalue weighted by Crippen LogP contribution is 2.18. The second-order valence-corrected chi connectivity index (χ2v) is 5.37. The Morgan fingerprint density at radius 1 is 1.53 bits per heavy atom. The van der Waals surface area contributed by atoms with Crippen molar-refractivity contribution in [2.75, 3.05) is 6.54 Å². The van der Waals surface area contributed by atoms with Crippen LogP contribution in [0, 0.1) is 6.92 Å². The Bertz CT molecular complexity index is 440. The summed E-state index contributed by atoms with van der Waals surface area (Å²) >= 11 is 3.27. The number of aromatic nitrogens is 2. The topological polar surface area (TPSA) is 46.9 Å². The lowest BCUT2D eigenvalue weighted by Crippen LogP contribution is -2.23. The standard InChI is InChI=1S/C12H18BrN3O/c1-9-11(13)12(17)16(8-15-9)7-3-2-6-14-10-4-5-10/h8,10,14H,2-7H2,1H3. The second-order valence-electron chi connectivity index (χ2n) is 4.58. The largest absolute Gasteiger partial charge is 0.314 e. The molecule has 2 rings (SSSR count). The number of unbranched alkanes of at least 4 members (excludes halogenated alkanes) is 1. The first kappa shape index (κ1) is 12.8. The number of hydrogen-bond acceptors (Lipinski definition) is 3. The molecule has 1 fully saturated rings. The zero-order valence-electron chi connectivity index (χ0n) is 10.1. The molecule has 1 aromatic rings. The van der Waals surface area contributed by atoms with E-state index in [2.05, 4.69) is 26.2 Å². The summed E-state index contributed by atoms with van der Waals surface area (Å²) in [5, 5.41) is 3.47. The fourth-order valence-corrected chi connectivity index (χ4v) is 2.04. The average Bonchev–Trinajstić information content (AvgIpc) is 3.12. The van der Waals surface area contributed by atoms with Crippen molar-refractivity contribution in [3.63, 3.8) is 0 Å². The maximum Gasteiger partial charge on any atom is 0.267 e. The van der Waals surface area contributed by atoms with Gasteiger partial charge in [0.25, 0.3) is 5.56 Å². The molecule has 1 aliphatic carbocycles. The van der Waals surface area contributed by atoms with E-state index >= 15 is 0 Å². The minimum atomic E-state index is 0.0210.